The van der Waals surface area contributed by atoms with Crippen molar-refractivity contribution in [1.82, 2.24) is 4.90 Å². The van der Waals surface area contributed by atoms with E-state index in [-0.39, 0.29) is 12.5 Å². The van der Waals surface area contributed by atoms with Gasteiger partial charge in [-0.25, -0.2) is 4.39 Å². The third-order valence-corrected chi connectivity index (χ3v) is 4.90. The first-order chi connectivity index (χ1) is 14.3. The molecule has 0 aliphatic rings. The van der Waals surface area contributed by atoms with E-state index in [0.717, 1.165) is 12.0 Å². The van der Waals surface area contributed by atoms with Crippen LogP contribution in [-0.2, 0) is 19.1 Å². The molecule has 1 N–H and O–H groups in total. The van der Waals surface area contributed by atoms with Crippen LogP contribution < -0.4 is 5.32 Å². The highest BCUT2D eigenvalue weighted by molar-refractivity contribution is 5.94. The first-order valence-corrected chi connectivity index (χ1v) is 9.82. The molecule has 0 radical (unpaired) electrons. The molecule has 0 aliphatic carbocycles. The van der Waals surface area contributed by atoms with Crippen LogP contribution in [0.3, 0.4) is 0 Å². The van der Waals surface area contributed by atoms with Crippen molar-refractivity contribution in [3.05, 3.63) is 66.0 Å². The van der Waals surface area contributed by atoms with Gasteiger partial charge >= 0.3 is 5.97 Å². The summed E-state index contributed by atoms with van der Waals surface area (Å²) in [4.78, 5) is 38.2. The molecule has 0 unspecified atom stereocenters. The Bertz CT molecular complexity index is 855. The molecule has 2 atom stereocenters. The summed E-state index contributed by atoms with van der Waals surface area (Å²) in [5, 5.41) is 2.57. The summed E-state index contributed by atoms with van der Waals surface area (Å²) in [7, 11) is 1.45. The second kappa shape index (κ2) is 11.1. The summed E-state index contributed by atoms with van der Waals surface area (Å²) in [6.07, 6.45) is 0.784. The monoisotopic (exact) mass is 414 g/mol. The van der Waals surface area contributed by atoms with Crippen molar-refractivity contribution < 1.29 is 23.5 Å². The number of halogens is 1. The molecular formula is C23H27FN2O4. The summed E-state index contributed by atoms with van der Waals surface area (Å²) >= 11 is 0. The number of hydrogen-bond acceptors (Lipinski definition) is 4. The normalized spacial score (nSPS) is 12.5. The average molecular weight is 414 g/mol. The molecule has 30 heavy (non-hydrogen) atoms. The molecule has 2 aromatic rings. The zero-order chi connectivity index (χ0) is 22.1. The van der Waals surface area contributed by atoms with Crippen molar-refractivity contribution in [2.45, 2.75) is 26.2 Å². The van der Waals surface area contributed by atoms with E-state index < -0.39 is 36.1 Å². The second-order valence-electron chi connectivity index (χ2n) is 7.19. The fourth-order valence-electron chi connectivity index (χ4n) is 2.96. The van der Waals surface area contributed by atoms with Crippen LogP contribution in [-0.4, -0.2) is 42.9 Å². The quantitative estimate of drug-likeness (QED) is 0.636. The van der Waals surface area contributed by atoms with E-state index in [9.17, 15) is 18.8 Å². The molecule has 6 nitrogen and oxygen atoms in total. The lowest BCUT2D eigenvalue weighted by molar-refractivity contribution is -0.154. The van der Waals surface area contributed by atoms with E-state index in [0.29, 0.717) is 5.69 Å². The number of benzene rings is 2. The second-order valence-corrected chi connectivity index (χ2v) is 7.19. The van der Waals surface area contributed by atoms with E-state index in [1.807, 2.05) is 44.2 Å². The highest BCUT2D eigenvalue weighted by atomic mass is 19.1. The zero-order valence-corrected chi connectivity index (χ0v) is 17.4. The van der Waals surface area contributed by atoms with Crippen molar-refractivity contribution in [2.24, 2.45) is 5.92 Å². The van der Waals surface area contributed by atoms with Crippen molar-refractivity contribution in [3.8, 4) is 0 Å². The maximum Gasteiger partial charge on any atom is 0.314 e. The number of rotatable bonds is 9. The first kappa shape index (κ1) is 23.1. The molecule has 7 heteroatoms. The molecule has 0 heterocycles. The van der Waals surface area contributed by atoms with Gasteiger partial charge in [-0.05, 0) is 35.7 Å². The van der Waals surface area contributed by atoms with Crippen molar-refractivity contribution in [2.75, 3.05) is 25.5 Å². The SMILES string of the molecule is CC[C@@H](C)[C@@H](C(=O)OCC(=O)N(C)CC(=O)Nc1ccc(F)cc1)c1ccccc1. The van der Waals surface area contributed by atoms with E-state index in [4.69, 9.17) is 4.74 Å². The minimum Gasteiger partial charge on any atom is -0.455 e. The van der Waals surface area contributed by atoms with E-state index in [2.05, 4.69) is 5.32 Å². The Morgan fingerprint density at radius 3 is 2.30 bits per heavy atom. The van der Waals surface area contributed by atoms with Gasteiger partial charge in [0.2, 0.25) is 5.91 Å². The van der Waals surface area contributed by atoms with E-state index in [1.54, 1.807) is 0 Å². The average Bonchev–Trinajstić information content (AvgIpc) is 2.74. The van der Waals surface area contributed by atoms with Gasteiger partial charge in [0.15, 0.2) is 6.61 Å². The molecule has 2 rings (SSSR count). The first-order valence-electron chi connectivity index (χ1n) is 9.82. The number of amides is 2. The van der Waals surface area contributed by atoms with Gasteiger partial charge < -0.3 is 15.0 Å². The van der Waals surface area contributed by atoms with Crippen LogP contribution in [0.15, 0.2) is 54.6 Å². The number of ether oxygens (including phenoxy) is 1. The number of carbonyl (C=O) groups is 3. The summed E-state index contributed by atoms with van der Waals surface area (Å²) in [5.41, 5.74) is 1.27. The third-order valence-electron chi connectivity index (χ3n) is 4.90. The highest BCUT2D eigenvalue weighted by Crippen LogP contribution is 2.28. The number of hydrogen-bond donors (Lipinski definition) is 1. The highest BCUT2D eigenvalue weighted by Gasteiger charge is 2.28. The van der Waals surface area contributed by atoms with Gasteiger partial charge in [0, 0.05) is 12.7 Å². The number of carbonyl (C=O) groups excluding carboxylic acids is 3. The van der Waals surface area contributed by atoms with Gasteiger partial charge in [-0.15, -0.1) is 0 Å². The molecule has 2 amide bonds. The Labute approximate surface area is 176 Å². The van der Waals surface area contributed by atoms with E-state index >= 15 is 0 Å². The standard InChI is InChI=1S/C23H27FN2O4/c1-4-16(2)22(17-8-6-5-7-9-17)23(29)30-15-21(28)26(3)14-20(27)25-19-12-10-18(24)11-13-19/h5-13,16,22H,4,14-15H2,1-3H3,(H,25,27)/t16-,22-/m1/s1. The van der Waals surface area contributed by atoms with Crippen LogP contribution >= 0.6 is 0 Å². The van der Waals surface area contributed by atoms with Crippen LogP contribution in [0.1, 0.15) is 31.7 Å². The largest absolute Gasteiger partial charge is 0.455 e. The number of likely N-dealkylation sites (N-methyl/N-ethyl adjacent to an activating group) is 1. The Kier molecular flexibility index (Phi) is 8.53. The number of nitrogens with one attached hydrogen (secondary N) is 1. The maximum atomic E-state index is 12.9. The van der Waals surface area contributed by atoms with Crippen molar-refractivity contribution in [1.29, 1.82) is 0 Å². The lowest BCUT2D eigenvalue weighted by atomic mass is 9.86. The van der Waals surface area contributed by atoms with Crippen LogP contribution in [0, 0.1) is 11.7 Å². The van der Waals surface area contributed by atoms with Crippen LogP contribution in [0.5, 0.6) is 0 Å². The molecule has 0 bridgehead atoms. The minimum atomic E-state index is -0.492. The third kappa shape index (κ3) is 6.69. The predicted molar refractivity (Wildman–Crippen MR) is 112 cm³/mol. The minimum absolute atomic E-state index is 0.0502. The predicted octanol–water partition coefficient (Wildman–Crippen LogP) is 3.60. The number of esters is 1. The Morgan fingerprint density at radius 2 is 1.70 bits per heavy atom. The molecule has 0 saturated carbocycles. The fourth-order valence-corrected chi connectivity index (χ4v) is 2.96. The molecule has 2 aromatic carbocycles. The van der Waals surface area contributed by atoms with Gasteiger partial charge in [-0.2, -0.15) is 0 Å². The van der Waals surface area contributed by atoms with Gasteiger partial charge in [-0.3, -0.25) is 14.4 Å². The smallest absolute Gasteiger partial charge is 0.314 e. The van der Waals surface area contributed by atoms with Gasteiger partial charge in [0.05, 0.1) is 12.5 Å². The zero-order valence-electron chi connectivity index (χ0n) is 17.4. The van der Waals surface area contributed by atoms with E-state index in [1.165, 1.54) is 36.2 Å². The molecule has 0 saturated heterocycles. The van der Waals surface area contributed by atoms with Crippen molar-refractivity contribution >= 4 is 23.5 Å². The van der Waals surface area contributed by atoms with Gasteiger partial charge in [0.1, 0.15) is 5.82 Å². The summed E-state index contributed by atoms with van der Waals surface area (Å²) in [6.45, 7) is 3.29. The molecule has 160 valence electrons. The molecule has 0 aliphatic heterocycles. The molecule has 0 spiro atoms. The lowest BCUT2D eigenvalue weighted by Crippen LogP contribution is -2.38. The maximum absolute atomic E-state index is 12.9. The topological polar surface area (TPSA) is 75.7 Å². The fraction of sp³-hybridized carbons (Fsp3) is 0.348. The van der Waals surface area contributed by atoms with Crippen LogP contribution in [0.4, 0.5) is 10.1 Å². The van der Waals surface area contributed by atoms with Crippen LogP contribution in [0.2, 0.25) is 0 Å². The van der Waals surface area contributed by atoms with Crippen molar-refractivity contribution in [3.63, 3.8) is 0 Å². The lowest BCUT2D eigenvalue weighted by Gasteiger charge is -2.22. The molecule has 0 fully saturated rings. The summed E-state index contributed by atoms with van der Waals surface area (Å²) in [5.74, 6) is -2.22. The molecule has 0 aromatic heterocycles. The summed E-state index contributed by atoms with van der Waals surface area (Å²) in [6, 6.07) is 14.6. The van der Waals surface area contributed by atoms with Gasteiger partial charge in [0.25, 0.3) is 5.91 Å². The Morgan fingerprint density at radius 1 is 1.07 bits per heavy atom. The number of anilines is 1. The Balaban J connectivity index is 1.88. The van der Waals surface area contributed by atoms with Crippen LogP contribution in [0.25, 0.3) is 0 Å². The Hall–Kier alpha value is -3.22. The number of nitrogens with zero attached hydrogens (tertiary/aromatic N) is 1. The van der Waals surface area contributed by atoms with Gasteiger partial charge in [-0.1, -0.05) is 50.6 Å². The summed E-state index contributed by atoms with van der Waals surface area (Å²) < 4.78 is 18.2. The molecular weight excluding hydrogens is 387 g/mol.